The van der Waals surface area contributed by atoms with Crippen molar-refractivity contribution in [3.8, 4) is 0 Å². The minimum absolute atomic E-state index is 0.0448. The fraction of sp³-hybridized carbons (Fsp3) is 0.286. The smallest absolute Gasteiger partial charge is 0.320 e. The van der Waals surface area contributed by atoms with Crippen LogP contribution in [0.15, 0.2) is 12.3 Å². The number of rotatable bonds is 4. The van der Waals surface area contributed by atoms with Crippen molar-refractivity contribution in [2.75, 3.05) is 0 Å². The third kappa shape index (κ3) is 2.30. The number of nitro groups is 1. The highest BCUT2D eigenvalue weighted by Gasteiger charge is 2.15. The fourth-order valence-electron chi connectivity index (χ4n) is 0.976. The predicted molar refractivity (Wildman–Crippen MR) is 46.8 cm³/mol. The van der Waals surface area contributed by atoms with E-state index in [1.54, 1.807) is 0 Å². The van der Waals surface area contributed by atoms with E-state index in [0.29, 0.717) is 5.69 Å². The molecule has 7 nitrogen and oxygen atoms in total. The van der Waals surface area contributed by atoms with Crippen LogP contribution >= 0.6 is 0 Å². The summed E-state index contributed by atoms with van der Waals surface area (Å²) in [7, 11) is 0. The summed E-state index contributed by atoms with van der Waals surface area (Å²) >= 11 is 0. The van der Waals surface area contributed by atoms with Crippen LogP contribution in [-0.4, -0.2) is 27.0 Å². The van der Waals surface area contributed by atoms with Gasteiger partial charge in [0.1, 0.15) is 6.04 Å². The summed E-state index contributed by atoms with van der Waals surface area (Å²) in [5.41, 5.74) is 5.58. The molecule has 0 aliphatic heterocycles. The first kappa shape index (κ1) is 10.2. The number of hydrogen-bond donors (Lipinski definition) is 3. The van der Waals surface area contributed by atoms with Crippen molar-refractivity contribution in [1.29, 1.82) is 0 Å². The van der Waals surface area contributed by atoms with Crippen molar-refractivity contribution in [3.63, 3.8) is 0 Å². The van der Waals surface area contributed by atoms with E-state index in [-0.39, 0.29) is 12.1 Å². The van der Waals surface area contributed by atoms with Crippen molar-refractivity contribution in [2.24, 2.45) is 5.73 Å². The average molecular weight is 199 g/mol. The molecule has 1 aromatic heterocycles. The highest BCUT2D eigenvalue weighted by atomic mass is 16.6. The number of nitrogens with zero attached hydrogens (tertiary/aromatic N) is 1. The molecule has 0 aromatic carbocycles. The molecule has 1 aromatic rings. The fourth-order valence-corrected chi connectivity index (χ4v) is 0.976. The van der Waals surface area contributed by atoms with Crippen LogP contribution in [0, 0.1) is 10.1 Å². The molecule has 0 bridgehead atoms. The van der Waals surface area contributed by atoms with Gasteiger partial charge in [0.15, 0.2) is 0 Å². The van der Waals surface area contributed by atoms with Gasteiger partial charge in [-0.1, -0.05) is 0 Å². The molecule has 0 aliphatic carbocycles. The van der Waals surface area contributed by atoms with E-state index in [1.165, 1.54) is 12.3 Å². The van der Waals surface area contributed by atoms with Crippen LogP contribution in [0.2, 0.25) is 0 Å². The van der Waals surface area contributed by atoms with Crippen LogP contribution < -0.4 is 5.73 Å². The molecule has 0 saturated heterocycles. The Hall–Kier alpha value is -1.89. The quantitative estimate of drug-likeness (QED) is 0.460. The molecule has 0 aliphatic rings. The lowest BCUT2D eigenvalue weighted by Crippen LogP contribution is -2.32. The van der Waals surface area contributed by atoms with Gasteiger partial charge < -0.3 is 15.8 Å². The lowest BCUT2D eigenvalue weighted by atomic mass is 10.2. The van der Waals surface area contributed by atoms with E-state index in [9.17, 15) is 14.9 Å². The largest absolute Gasteiger partial charge is 0.480 e. The number of carboxylic acids is 1. The monoisotopic (exact) mass is 199 g/mol. The minimum atomic E-state index is -1.14. The Bertz CT molecular complexity index is 360. The predicted octanol–water partition coefficient (Wildman–Crippen LogP) is -0.123. The van der Waals surface area contributed by atoms with Gasteiger partial charge in [-0.25, -0.2) is 0 Å². The van der Waals surface area contributed by atoms with Gasteiger partial charge in [-0.2, -0.15) is 0 Å². The van der Waals surface area contributed by atoms with E-state index >= 15 is 0 Å². The zero-order valence-corrected chi connectivity index (χ0v) is 7.14. The van der Waals surface area contributed by atoms with Gasteiger partial charge in [0.05, 0.1) is 11.1 Å². The zero-order chi connectivity index (χ0) is 10.7. The van der Waals surface area contributed by atoms with E-state index in [2.05, 4.69) is 4.98 Å². The third-order valence-electron chi connectivity index (χ3n) is 1.70. The Balaban J connectivity index is 2.69. The number of aromatic nitrogens is 1. The Labute approximate surface area is 78.7 Å². The normalized spacial score (nSPS) is 12.4. The molecule has 0 spiro atoms. The number of nitrogens with two attached hydrogens (primary N) is 1. The van der Waals surface area contributed by atoms with Crippen molar-refractivity contribution in [2.45, 2.75) is 12.5 Å². The first-order valence-corrected chi connectivity index (χ1v) is 3.80. The van der Waals surface area contributed by atoms with Crippen LogP contribution in [0.25, 0.3) is 0 Å². The SMILES string of the molecule is N[C@@H](Cc1cc([N+](=O)[O-])c[nH]1)C(=O)O. The number of aliphatic carboxylic acids is 1. The molecule has 1 rings (SSSR count). The minimum Gasteiger partial charge on any atom is -0.480 e. The maximum absolute atomic E-state index is 10.4. The summed E-state index contributed by atoms with van der Waals surface area (Å²) in [6.45, 7) is 0. The van der Waals surface area contributed by atoms with E-state index in [0.717, 1.165) is 0 Å². The van der Waals surface area contributed by atoms with Gasteiger partial charge in [0, 0.05) is 18.2 Å². The van der Waals surface area contributed by atoms with Crippen LogP contribution in [-0.2, 0) is 11.2 Å². The molecule has 0 amide bonds. The van der Waals surface area contributed by atoms with Gasteiger partial charge >= 0.3 is 5.97 Å². The second-order valence-electron chi connectivity index (χ2n) is 2.79. The second kappa shape index (κ2) is 3.88. The van der Waals surface area contributed by atoms with Gasteiger partial charge in [-0.15, -0.1) is 0 Å². The second-order valence-corrected chi connectivity index (χ2v) is 2.79. The first-order chi connectivity index (χ1) is 6.50. The number of carbonyl (C=O) groups is 1. The van der Waals surface area contributed by atoms with E-state index in [4.69, 9.17) is 10.8 Å². The standard InChI is InChI=1S/C7H9N3O4/c8-6(7(11)12)2-4-1-5(3-9-4)10(13)14/h1,3,6,9H,2,8H2,(H,11,12)/t6-/m0/s1. The molecule has 76 valence electrons. The van der Waals surface area contributed by atoms with Crippen molar-refractivity contribution < 1.29 is 14.8 Å². The Morgan fingerprint density at radius 2 is 2.43 bits per heavy atom. The summed E-state index contributed by atoms with van der Waals surface area (Å²) in [4.78, 5) is 22.7. The van der Waals surface area contributed by atoms with Crippen LogP contribution in [0.4, 0.5) is 5.69 Å². The molecule has 7 heteroatoms. The van der Waals surface area contributed by atoms with Crippen molar-refractivity contribution >= 4 is 11.7 Å². The van der Waals surface area contributed by atoms with Crippen LogP contribution in [0.5, 0.6) is 0 Å². The molecule has 1 heterocycles. The maximum Gasteiger partial charge on any atom is 0.320 e. The summed E-state index contributed by atoms with van der Waals surface area (Å²) in [6.07, 6.45) is 1.24. The molecule has 1 atom stereocenters. The Kier molecular flexibility index (Phi) is 2.82. The molecule has 14 heavy (non-hydrogen) atoms. The number of carboxylic acid groups (broad SMARTS) is 1. The average Bonchev–Trinajstić information content (AvgIpc) is 2.52. The van der Waals surface area contributed by atoms with Crippen LogP contribution in [0.3, 0.4) is 0 Å². The number of hydrogen-bond acceptors (Lipinski definition) is 4. The number of H-pyrrole nitrogens is 1. The maximum atomic E-state index is 10.4. The van der Waals surface area contributed by atoms with Crippen LogP contribution in [0.1, 0.15) is 5.69 Å². The lowest BCUT2D eigenvalue weighted by molar-refractivity contribution is -0.384. The zero-order valence-electron chi connectivity index (χ0n) is 7.14. The topological polar surface area (TPSA) is 122 Å². The van der Waals surface area contributed by atoms with Gasteiger partial charge in [-0.05, 0) is 0 Å². The van der Waals surface area contributed by atoms with E-state index in [1.807, 2.05) is 0 Å². The van der Waals surface area contributed by atoms with Gasteiger partial charge in [-0.3, -0.25) is 14.9 Å². The molecule has 0 radical (unpaired) electrons. The highest BCUT2D eigenvalue weighted by molar-refractivity contribution is 5.73. The first-order valence-electron chi connectivity index (χ1n) is 3.80. The van der Waals surface area contributed by atoms with Gasteiger partial charge in [0.25, 0.3) is 5.69 Å². The molecule has 0 fully saturated rings. The highest BCUT2D eigenvalue weighted by Crippen LogP contribution is 2.12. The summed E-state index contributed by atoms with van der Waals surface area (Å²) in [5.74, 6) is -1.14. The number of aromatic amines is 1. The summed E-state index contributed by atoms with van der Waals surface area (Å²) in [5, 5.41) is 18.8. The Morgan fingerprint density at radius 3 is 2.86 bits per heavy atom. The molecule has 0 saturated carbocycles. The molecular formula is C7H9N3O4. The molecular weight excluding hydrogens is 190 g/mol. The summed E-state index contributed by atoms with van der Waals surface area (Å²) < 4.78 is 0. The third-order valence-corrected chi connectivity index (χ3v) is 1.70. The molecule has 4 N–H and O–H groups in total. The number of nitrogens with one attached hydrogen (secondary N) is 1. The van der Waals surface area contributed by atoms with Crippen molar-refractivity contribution in [1.82, 2.24) is 4.98 Å². The lowest BCUT2D eigenvalue weighted by Gasteiger charge is -2.02. The summed E-state index contributed by atoms with van der Waals surface area (Å²) in [6, 6.07) is 0.219. The Morgan fingerprint density at radius 1 is 1.79 bits per heavy atom. The van der Waals surface area contributed by atoms with Crippen molar-refractivity contribution in [3.05, 3.63) is 28.1 Å². The van der Waals surface area contributed by atoms with Gasteiger partial charge in [0.2, 0.25) is 0 Å². The van der Waals surface area contributed by atoms with E-state index < -0.39 is 16.9 Å². The molecule has 0 unspecified atom stereocenters.